The number of hydrogen-bond acceptors (Lipinski definition) is 3. The molecule has 1 aliphatic heterocycles. The van der Waals surface area contributed by atoms with Crippen LogP contribution in [0.1, 0.15) is 45.0 Å². The van der Waals surface area contributed by atoms with Crippen molar-refractivity contribution in [3.63, 3.8) is 0 Å². The Kier molecular flexibility index (Phi) is 3.78. The highest BCUT2D eigenvalue weighted by Gasteiger charge is 2.25. The van der Waals surface area contributed by atoms with Crippen molar-refractivity contribution in [1.82, 2.24) is 14.6 Å². The Bertz CT molecular complexity index is 897. The minimum absolute atomic E-state index is 0.00234. The van der Waals surface area contributed by atoms with Crippen LogP contribution in [0.2, 0.25) is 0 Å². The van der Waals surface area contributed by atoms with Crippen LogP contribution in [0.4, 0.5) is 5.82 Å². The average molecular weight is 334 g/mol. The summed E-state index contributed by atoms with van der Waals surface area (Å²) in [7, 11) is 0. The van der Waals surface area contributed by atoms with Gasteiger partial charge in [0.15, 0.2) is 5.65 Å². The molecule has 4 heteroatoms. The normalized spacial score (nSPS) is 15.3. The molecule has 0 unspecified atom stereocenters. The maximum atomic E-state index is 5.05. The van der Waals surface area contributed by atoms with Gasteiger partial charge in [0, 0.05) is 30.1 Å². The maximum Gasteiger partial charge on any atom is 0.165 e. The highest BCUT2D eigenvalue weighted by Crippen LogP contribution is 2.33. The molecular weight excluding hydrogens is 308 g/mol. The van der Waals surface area contributed by atoms with Crippen molar-refractivity contribution in [3.05, 3.63) is 47.8 Å². The largest absolute Gasteiger partial charge is 0.356 e. The molecule has 0 aliphatic carbocycles. The molecule has 1 aliphatic rings. The van der Waals surface area contributed by atoms with Gasteiger partial charge in [-0.25, -0.2) is 4.98 Å². The first kappa shape index (κ1) is 16.1. The van der Waals surface area contributed by atoms with Crippen molar-refractivity contribution in [1.29, 1.82) is 0 Å². The van der Waals surface area contributed by atoms with Gasteiger partial charge < -0.3 is 4.90 Å². The zero-order chi connectivity index (χ0) is 17.6. The molecule has 130 valence electrons. The minimum atomic E-state index is 0.00234. The topological polar surface area (TPSA) is 33.4 Å². The molecule has 0 bridgehead atoms. The Labute approximate surface area is 149 Å². The van der Waals surface area contributed by atoms with Gasteiger partial charge in [-0.1, -0.05) is 51.1 Å². The second kappa shape index (κ2) is 5.87. The van der Waals surface area contributed by atoms with E-state index in [1.165, 1.54) is 24.2 Å². The third kappa shape index (κ3) is 2.80. The van der Waals surface area contributed by atoms with E-state index in [0.29, 0.717) is 0 Å². The SMILES string of the molecule is Cc1nn2c(N3CCCC3)cc(C(C)(C)C)nc2c1-c1ccccc1. The number of rotatable bonds is 2. The van der Waals surface area contributed by atoms with Crippen LogP contribution in [0.25, 0.3) is 16.8 Å². The summed E-state index contributed by atoms with van der Waals surface area (Å²) < 4.78 is 2.05. The Morgan fingerprint density at radius 3 is 2.32 bits per heavy atom. The highest BCUT2D eigenvalue weighted by molar-refractivity contribution is 5.81. The molecule has 3 heterocycles. The monoisotopic (exact) mass is 334 g/mol. The Balaban J connectivity index is 2.02. The van der Waals surface area contributed by atoms with Gasteiger partial charge in [-0.05, 0) is 25.3 Å². The van der Waals surface area contributed by atoms with E-state index in [2.05, 4.69) is 67.4 Å². The van der Waals surface area contributed by atoms with Gasteiger partial charge in [0.1, 0.15) is 5.82 Å². The highest BCUT2D eigenvalue weighted by atomic mass is 15.4. The van der Waals surface area contributed by atoms with E-state index in [0.717, 1.165) is 35.7 Å². The molecule has 2 aromatic heterocycles. The molecule has 1 aromatic carbocycles. The zero-order valence-electron chi connectivity index (χ0n) is 15.6. The van der Waals surface area contributed by atoms with E-state index in [4.69, 9.17) is 10.1 Å². The number of anilines is 1. The molecule has 0 saturated carbocycles. The van der Waals surface area contributed by atoms with Crippen LogP contribution in [0.3, 0.4) is 0 Å². The van der Waals surface area contributed by atoms with Gasteiger partial charge in [-0.3, -0.25) is 0 Å². The van der Waals surface area contributed by atoms with Crippen LogP contribution in [-0.2, 0) is 5.41 Å². The van der Waals surface area contributed by atoms with E-state index < -0.39 is 0 Å². The first-order valence-electron chi connectivity index (χ1n) is 9.16. The average Bonchev–Trinajstić information content (AvgIpc) is 3.20. The lowest BCUT2D eigenvalue weighted by Crippen LogP contribution is -2.23. The molecule has 0 radical (unpaired) electrons. The third-order valence-electron chi connectivity index (χ3n) is 5.01. The summed E-state index contributed by atoms with van der Waals surface area (Å²) in [5, 5.41) is 4.87. The van der Waals surface area contributed by atoms with E-state index in [9.17, 15) is 0 Å². The standard InChI is InChI=1S/C21H26N4/c1-15-19(16-10-6-5-7-11-16)20-22-17(21(2,3)4)14-18(25(20)23-15)24-12-8-9-13-24/h5-7,10-11,14H,8-9,12-13H2,1-4H3. The molecular formula is C21H26N4. The lowest BCUT2D eigenvalue weighted by atomic mass is 9.91. The molecule has 25 heavy (non-hydrogen) atoms. The Hall–Kier alpha value is -2.36. The number of fused-ring (bicyclic) bond motifs is 1. The van der Waals surface area contributed by atoms with Crippen LogP contribution in [0.15, 0.2) is 36.4 Å². The fourth-order valence-electron chi connectivity index (χ4n) is 3.61. The van der Waals surface area contributed by atoms with Crippen molar-refractivity contribution in [2.24, 2.45) is 0 Å². The van der Waals surface area contributed by atoms with E-state index in [1.807, 2.05) is 6.07 Å². The summed E-state index contributed by atoms with van der Waals surface area (Å²) in [5.41, 5.74) is 5.46. The van der Waals surface area contributed by atoms with Crippen LogP contribution >= 0.6 is 0 Å². The van der Waals surface area contributed by atoms with Crippen LogP contribution < -0.4 is 4.90 Å². The smallest absolute Gasteiger partial charge is 0.165 e. The molecule has 0 amide bonds. The molecule has 1 saturated heterocycles. The van der Waals surface area contributed by atoms with Gasteiger partial charge >= 0.3 is 0 Å². The summed E-state index contributed by atoms with van der Waals surface area (Å²) >= 11 is 0. The number of aromatic nitrogens is 3. The molecule has 4 rings (SSSR count). The van der Waals surface area contributed by atoms with E-state index >= 15 is 0 Å². The quantitative estimate of drug-likeness (QED) is 0.686. The summed E-state index contributed by atoms with van der Waals surface area (Å²) in [5.74, 6) is 1.18. The van der Waals surface area contributed by atoms with Crippen molar-refractivity contribution in [2.75, 3.05) is 18.0 Å². The molecule has 4 nitrogen and oxygen atoms in total. The zero-order valence-corrected chi connectivity index (χ0v) is 15.6. The maximum absolute atomic E-state index is 5.05. The van der Waals surface area contributed by atoms with E-state index in [-0.39, 0.29) is 5.41 Å². The fraction of sp³-hybridized carbons (Fsp3) is 0.429. The molecule has 3 aromatic rings. The van der Waals surface area contributed by atoms with Crippen molar-refractivity contribution in [3.8, 4) is 11.1 Å². The second-order valence-electron chi connectivity index (χ2n) is 8.01. The summed E-state index contributed by atoms with van der Waals surface area (Å²) in [6, 6.07) is 12.7. The van der Waals surface area contributed by atoms with Crippen LogP contribution in [0, 0.1) is 6.92 Å². The predicted molar refractivity (Wildman–Crippen MR) is 103 cm³/mol. The van der Waals surface area contributed by atoms with Crippen LogP contribution in [-0.4, -0.2) is 27.7 Å². The minimum Gasteiger partial charge on any atom is -0.356 e. The number of aryl methyl sites for hydroxylation is 1. The Morgan fingerprint density at radius 2 is 1.68 bits per heavy atom. The molecule has 1 fully saturated rings. The summed E-state index contributed by atoms with van der Waals surface area (Å²) in [4.78, 5) is 7.50. The van der Waals surface area contributed by atoms with E-state index in [1.54, 1.807) is 0 Å². The first-order valence-corrected chi connectivity index (χ1v) is 9.16. The number of nitrogens with zero attached hydrogens (tertiary/aromatic N) is 4. The molecule has 0 atom stereocenters. The summed E-state index contributed by atoms with van der Waals surface area (Å²) in [6.07, 6.45) is 2.50. The van der Waals surface area contributed by atoms with Gasteiger partial charge in [-0.15, -0.1) is 0 Å². The van der Waals surface area contributed by atoms with Crippen molar-refractivity contribution >= 4 is 11.5 Å². The lowest BCUT2D eigenvalue weighted by molar-refractivity contribution is 0.568. The third-order valence-corrected chi connectivity index (χ3v) is 5.01. The second-order valence-corrected chi connectivity index (χ2v) is 8.01. The van der Waals surface area contributed by atoms with Crippen molar-refractivity contribution in [2.45, 2.75) is 46.0 Å². The fourth-order valence-corrected chi connectivity index (χ4v) is 3.61. The van der Waals surface area contributed by atoms with Gasteiger partial charge in [0.05, 0.1) is 11.4 Å². The Morgan fingerprint density at radius 1 is 1.00 bits per heavy atom. The van der Waals surface area contributed by atoms with Gasteiger partial charge in [0.25, 0.3) is 0 Å². The predicted octanol–water partition coefficient (Wildman–Crippen LogP) is 4.60. The van der Waals surface area contributed by atoms with Gasteiger partial charge in [0.2, 0.25) is 0 Å². The van der Waals surface area contributed by atoms with Crippen LogP contribution in [0.5, 0.6) is 0 Å². The first-order chi connectivity index (χ1) is 11.9. The number of hydrogen-bond donors (Lipinski definition) is 0. The van der Waals surface area contributed by atoms with Gasteiger partial charge in [-0.2, -0.15) is 9.61 Å². The lowest BCUT2D eigenvalue weighted by Gasteiger charge is -2.23. The molecule has 0 spiro atoms. The number of benzene rings is 1. The summed E-state index contributed by atoms with van der Waals surface area (Å²) in [6.45, 7) is 11.0. The van der Waals surface area contributed by atoms with Crippen molar-refractivity contribution < 1.29 is 0 Å². The molecule has 0 N–H and O–H groups in total.